The van der Waals surface area contributed by atoms with Gasteiger partial charge >= 0.3 is 18.2 Å². The summed E-state index contributed by atoms with van der Waals surface area (Å²) in [7, 11) is 1.06. The van der Waals surface area contributed by atoms with Gasteiger partial charge in [0.05, 0.1) is 26.9 Å². The van der Waals surface area contributed by atoms with Gasteiger partial charge in [0.25, 0.3) is 5.91 Å². The highest BCUT2D eigenvalue weighted by atomic mass is 19.4. The first-order valence-corrected chi connectivity index (χ1v) is 8.51. The maximum Gasteiger partial charge on any atom is 0.401 e. The Kier molecular flexibility index (Phi) is 5.84. The van der Waals surface area contributed by atoms with E-state index in [4.69, 9.17) is 0 Å². The lowest BCUT2D eigenvalue weighted by Crippen LogP contribution is -2.59. The number of amides is 3. The van der Waals surface area contributed by atoms with Gasteiger partial charge in [-0.1, -0.05) is 20.3 Å². The number of carbonyl (C=O) groups is 3. The minimum absolute atomic E-state index is 0.121. The summed E-state index contributed by atoms with van der Waals surface area (Å²) in [6.07, 6.45) is -2.16. The van der Waals surface area contributed by atoms with Crippen molar-refractivity contribution in [1.29, 1.82) is 0 Å². The molecule has 2 rings (SSSR count). The summed E-state index contributed by atoms with van der Waals surface area (Å²) in [5.41, 5.74) is -1.09. The van der Waals surface area contributed by atoms with Crippen molar-refractivity contribution in [3.8, 4) is 0 Å². The Morgan fingerprint density at radius 1 is 1.31 bits per heavy atom. The summed E-state index contributed by atoms with van der Waals surface area (Å²) in [4.78, 5) is 38.2. The average Bonchev–Trinajstić information content (AvgIpc) is 2.77. The van der Waals surface area contributed by atoms with Crippen molar-refractivity contribution in [2.45, 2.75) is 44.8 Å². The van der Waals surface area contributed by atoms with E-state index in [2.05, 4.69) is 10.1 Å². The first kappa shape index (κ1) is 20.5. The lowest BCUT2D eigenvalue weighted by molar-refractivity contribution is -0.161. The lowest BCUT2D eigenvalue weighted by atomic mass is 9.67. The molecule has 0 radical (unpaired) electrons. The molecule has 0 aromatic rings. The van der Waals surface area contributed by atoms with Crippen LogP contribution < -0.4 is 5.32 Å². The van der Waals surface area contributed by atoms with Crippen LogP contribution in [0.4, 0.5) is 18.0 Å². The van der Waals surface area contributed by atoms with Crippen LogP contribution in [0.2, 0.25) is 0 Å². The van der Waals surface area contributed by atoms with E-state index in [9.17, 15) is 27.6 Å². The average molecular weight is 379 g/mol. The number of hydrogen-bond donors (Lipinski definition) is 1. The van der Waals surface area contributed by atoms with Gasteiger partial charge in [0, 0.05) is 0 Å². The third kappa shape index (κ3) is 3.94. The minimum atomic E-state index is -4.59. The Balaban J connectivity index is 2.21. The van der Waals surface area contributed by atoms with Gasteiger partial charge in [0.1, 0.15) is 5.54 Å². The van der Waals surface area contributed by atoms with Crippen LogP contribution in [0, 0.1) is 11.8 Å². The molecule has 148 valence electrons. The molecule has 0 aromatic carbocycles. The smallest absolute Gasteiger partial charge is 0.401 e. The first-order chi connectivity index (χ1) is 12.0. The summed E-state index contributed by atoms with van der Waals surface area (Å²) >= 11 is 0. The standard InChI is InChI=1S/C16H24F3N3O4/c1-10-5-4-6-11(2)16(10)13(24)22(14(25)20-16)9-21(7-12(23)26-3)8-15(17,18)19/h10-11H,4-9H2,1-3H3,(H,20,25)/t10-,11+,16?. The molecule has 1 heterocycles. The summed E-state index contributed by atoms with van der Waals surface area (Å²) in [5.74, 6) is -1.65. The molecule has 3 atom stereocenters. The second kappa shape index (κ2) is 7.42. The number of ether oxygens (including phenoxy) is 1. The molecule has 7 nitrogen and oxygen atoms in total. The van der Waals surface area contributed by atoms with Gasteiger partial charge in [-0.15, -0.1) is 0 Å². The number of alkyl halides is 3. The Morgan fingerprint density at radius 2 is 1.88 bits per heavy atom. The zero-order valence-electron chi connectivity index (χ0n) is 15.1. The Hall–Kier alpha value is -1.84. The molecule has 1 aliphatic heterocycles. The number of methoxy groups -OCH3 is 1. The molecule has 1 spiro atoms. The van der Waals surface area contributed by atoms with E-state index < -0.39 is 49.4 Å². The number of rotatable bonds is 5. The van der Waals surface area contributed by atoms with Crippen molar-refractivity contribution in [2.24, 2.45) is 11.8 Å². The fourth-order valence-corrected chi connectivity index (χ4v) is 3.94. The number of nitrogens with one attached hydrogen (secondary N) is 1. The Bertz CT molecular complexity index is 572. The Morgan fingerprint density at radius 3 is 2.38 bits per heavy atom. The molecule has 0 aromatic heterocycles. The van der Waals surface area contributed by atoms with Crippen molar-refractivity contribution in [1.82, 2.24) is 15.1 Å². The number of urea groups is 1. The number of imide groups is 1. The topological polar surface area (TPSA) is 79.0 Å². The third-order valence-electron chi connectivity index (χ3n) is 5.31. The predicted octanol–water partition coefficient (Wildman–Crippen LogP) is 1.73. The molecule has 3 amide bonds. The van der Waals surface area contributed by atoms with E-state index in [0.29, 0.717) is 4.90 Å². The van der Waals surface area contributed by atoms with Gasteiger partial charge in [0.2, 0.25) is 0 Å². The fourth-order valence-electron chi connectivity index (χ4n) is 3.94. The molecule has 10 heteroatoms. The summed E-state index contributed by atoms with van der Waals surface area (Å²) < 4.78 is 42.8. The van der Waals surface area contributed by atoms with Gasteiger partial charge in [-0.3, -0.25) is 14.5 Å². The number of halogens is 3. The second-order valence-corrected chi connectivity index (χ2v) is 7.09. The lowest BCUT2D eigenvalue weighted by Gasteiger charge is -2.42. The molecular formula is C16H24F3N3O4. The molecule has 1 saturated heterocycles. The zero-order chi connectivity index (χ0) is 19.7. The molecule has 26 heavy (non-hydrogen) atoms. The van der Waals surface area contributed by atoms with Crippen molar-refractivity contribution >= 4 is 17.9 Å². The van der Waals surface area contributed by atoms with Crippen molar-refractivity contribution in [3.05, 3.63) is 0 Å². The van der Waals surface area contributed by atoms with E-state index in [1.54, 1.807) is 0 Å². The third-order valence-corrected chi connectivity index (χ3v) is 5.31. The van der Waals surface area contributed by atoms with Gasteiger partial charge < -0.3 is 10.1 Å². The molecule has 0 bridgehead atoms. The molecule has 1 saturated carbocycles. The number of nitrogens with zero attached hydrogens (tertiary/aromatic N) is 2. The van der Waals surface area contributed by atoms with Gasteiger partial charge in [-0.05, 0) is 24.7 Å². The number of esters is 1. The fraction of sp³-hybridized carbons (Fsp3) is 0.812. The highest BCUT2D eigenvalue weighted by molar-refractivity contribution is 6.07. The van der Waals surface area contributed by atoms with Crippen LogP contribution in [-0.4, -0.2) is 66.3 Å². The highest BCUT2D eigenvalue weighted by Crippen LogP contribution is 2.42. The molecule has 1 N–H and O–H groups in total. The van der Waals surface area contributed by atoms with Crippen molar-refractivity contribution < 1.29 is 32.3 Å². The number of carbonyl (C=O) groups excluding carboxylic acids is 3. The minimum Gasteiger partial charge on any atom is -0.468 e. The molecule has 2 fully saturated rings. The van der Waals surface area contributed by atoms with Gasteiger partial charge in [-0.25, -0.2) is 9.69 Å². The van der Waals surface area contributed by atoms with Crippen LogP contribution >= 0.6 is 0 Å². The van der Waals surface area contributed by atoms with E-state index in [0.717, 1.165) is 31.3 Å². The maximum absolute atomic E-state index is 13.0. The van der Waals surface area contributed by atoms with Crippen LogP contribution in [-0.2, 0) is 14.3 Å². The molecule has 1 aliphatic carbocycles. The monoisotopic (exact) mass is 379 g/mol. The highest BCUT2D eigenvalue weighted by Gasteiger charge is 2.58. The predicted molar refractivity (Wildman–Crippen MR) is 84.8 cm³/mol. The van der Waals surface area contributed by atoms with E-state index in [-0.39, 0.29) is 11.8 Å². The van der Waals surface area contributed by atoms with E-state index in [1.165, 1.54) is 0 Å². The molecule has 2 aliphatic rings. The van der Waals surface area contributed by atoms with Crippen LogP contribution in [0.1, 0.15) is 33.1 Å². The Labute approximate surface area is 149 Å². The van der Waals surface area contributed by atoms with Crippen LogP contribution in [0.25, 0.3) is 0 Å². The van der Waals surface area contributed by atoms with Gasteiger partial charge in [-0.2, -0.15) is 13.2 Å². The summed E-state index contributed by atoms with van der Waals surface area (Å²) in [6.45, 7) is 0.988. The van der Waals surface area contributed by atoms with Crippen molar-refractivity contribution in [2.75, 3.05) is 26.9 Å². The normalized spacial score (nSPS) is 29.4. The second-order valence-electron chi connectivity index (χ2n) is 7.09. The zero-order valence-corrected chi connectivity index (χ0v) is 15.1. The van der Waals surface area contributed by atoms with E-state index >= 15 is 0 Å². The summed E-state index contributed by atoms with van der Waals surface area (Å²) in [6, 6.07) is -0.729. The van der Waals surface area contributed by atoms with E-state index in [1.807, 2.05) is 13.8 Å². The molecular weight excluding hydrogens is 355 g/mol. The number of hydrogen-bond acceptors (Lipinski definition) is 5. The van der Waals surface area contributed by atoms with Gasteiger partial charge in [0.15, 0.2) is 0 Å². The SMILES string of the molecule is COC(=O)CN(CN1C(=O)NC2(C1=O)[C@H](C)CCC[C@@H]2C)CC(F)(F)F. The first-order valence-electron chi connectivity index (χ1n) is 8.51. The quantitative estimate of drug-likeness (QED) is 0.581. The van der Waals surface area contributed by atoms with Crippen LogP contribution in [0.5, 0.6) is 0 Å². The largest absolute Gasteiger partial charge is 0.468 e. The van der Waals surface area contributed by atoms with Crippen molar-refractivity contribution in [3.63, 3.8) is 0 Å². The summed E-state index contributed by atoms with van der Waals surface area (Å²) in [5, 5.41) is 2.72. The van der Waals surface area contributed by atoms with Crippen LogP contribution in [0.3, 0.4) is 0 Å². The maximum atomic E-state index is 13.0. The van der Waals surface area contributed by atoms with Crippen LogP contribution in [0.15, 0.2) is 0 Å². The molecule has 1 unspecified atom stereocenters.